The van der Waals surface area contributed by atoms with Crippen molar-refractivity contribution < 1.29 is 17.9 Å². The minimum Gasteiger partial charge on any atom is -0.389 e. The molecule has 1 heterocycles. The molecule has 1 aliphatic heterocycles. The van der Waals surface area contributed by atoms with Crippen molar-refractivity contribution in [3.63, 3.8) is 0 Å². The van der Waals surface area contributed by atoms with Gasteiger partial charge in [-0.25, -0.2) is 5.01 Å². The van der Waals surface area contributed by atoms with Crippen LogP contribution in [0.15, 0.2) is 12.0 Å². The Labute approximate surface area is 61.4 Å². The van der Waals surface area contributed by atoms with Crippen LogP contribution in [0.1, 0.15) is 0 Å². The summed E-state index contributed by atoms with van der Waals surface area (Å²) >= 11 is 0. The summed E-state index contributed by atoms with van der Waals surface area (Å²) in [6, 6.07) is 0. The summed E-state index contributed by atoms with van der Waals surface area (Å²) in [7, 11) is 1.50. The van der Waals surface area contributed by atoms with E-state index >= 15 is 0 Å². The smallest absolute Gasteiger partial charge is 0.389 e. The fraction of sp³-hybridized carbons (Fsp3) is 0.400. The predicted octanol–water partition coefficient (Wildman–Crippen LogP) is 0.853. The van der Waals surface area contributed by atoms with Gasteiger partial charge in [0.2, 0.25) is 5.88 Å². The highest BCUT2D eigenvalue weighted by atomic mass is 19.4. The molecule has 0 saturated heterocycles. The number of halogens is 3. The minimum atomic E-state index is -4.65. The molecule has 0 aromatic rings. The van der Waals surface area contributed by atoms with Crippen molar-refractivity contribution in [1.29, 1.82) is 0 Å². The maximum atomic E-state index is 11.5. The average Bonchev–Trinajstić information content (AvgIpc) is 2.10. The fourth-order valence-electron chi connectivity index (χ4n) is 0.562. The lowest BCUT2D eigenvalue weighted by Crippen LogP contribution is -2.28. The first-order valence-electron chi connectivity index (χ1n) is 2.70. The number of nitrogens with one attached hydrogen (secondary N) is 1. The summed E-state index contributed by atoms with van der Waals surface area (Å²) in [5, 5.41) is 1.22. The van der Waals surface area contributed by atoms with Crippen molar-refractivity contribution in [2.45, 2.75) is 6.36 Å². The molecule has 6 heteroatoms. The summed E-state index contributed by atoms with van der Waals surface area (Å²) in [5.41, 5.74) is 2.25. The number of hydrogen-bond acceptors (Lipinski definition) is 3. The Morgan fingerprint density at radius 3 is 2.64 bits per heavy atom. The Morgan fingerprint density at radius 1 is 1.64 bits per heavy atom. The van der Waals surface area contributed by atoms with Gasteiger partial charge < -0.3 is 4.74 Å². The zero-order valence-corrected chi connectivity index (χ0v) is 5.57. The summed E-state index contributed by atoms with van der Waals surface area (Å²) < 4.78 is 38.0. The lowest BCUT2D eigenvalue weighted by molar-refractivity contribution is -0.308. The maximum absolute atomic E-state index is 11.5. The third-order valence-electron chi connectivity index (χ3n) is 0.893. The highest BCUT2D eigenvalue weighted by molar-refractivity contribution is 5.05. The number of alkyl halides is 3. The van der Waals surface area contributed by atoms with E-state index in [1.54, 1.807) is 0 Å². The SMILES string of the molecule is CN1[C]C=C(OC(F)(F)F)N1. The number of rotatable bonds is 1. The molecule has 0 saturated carbocycles. The lowest BCUT2D eigenvalue weighted by Gasteiger charge is -2.12. The molecular weight excluding hydrogens is 161 g/mol. The Balaban J connectivity index is 2.40. The van der Waals surface area contributed by atoms with E-state index in [2.05, 4.69) is 16.7 Å². The standard InChI is InChI=1S/C5H5F3N2O/c1-10-3-2-4(9-10)11-5(6,7)8/h2,9H,1H3. The molecule has 2 radical (unpaired) electrons. The molecule has 0 bridgehead atoms. The number of hydrogen-bond donors (Lipinski definition) is 1. The first-order chi connectivity index (χ1) is 4.97. The van der Waals surface area contributed by atoms with Crippen LogP contribution in [0.3, 0.4) is 0 Å². The predicted molar refractivity (Wildman–Crippen MR) is 29.4 cm³/mol. The van der Waals surface area contributed by atoms with Gasteiger partial charge in [-0.15, -0.1) is 13.2 Å². The Morgan fingerprint density at radius 2 is 2.27 bits per heavy atom. The molecule has 0 unspecified atom stereocenters. The molecule has 1 rings (SSSR count). The van der Waals surface area contributed by atoms with Gasteiger partial charge in [-0.1, -0.05) is 0 Å². The van der Waals surface area contributed by atoms with E-state index in [-0.39, 0.29) is 5.88 Å². The quantitative estimate of drug-likeness (QED) is 0.625. The molecule has 0 atom stereocenters. The average molecular weight is 166 g/mol. The second-order valence-electron chi connectivity index (χ2n) is 1.86. The second-order valence-corrected chi connectivity index (χ2v) is 1.86. The van der Waals surface area contributed by atoms with E-state index in [4.69, 9.17) is 0 Å². The van der Waals surface area contributed by atoms with Gasteiger partial charge in [0.25, 0.3) is 0 Å². The molecule has 0 amide bonds. The molecular formula is C5H5F3N2O. The number of ether oxygens (including phenoxy) is 1. The lowest BCUT2D eigenvalue weighted by atomic mass is 10.6. The van der Waals surface area contributed by atoms with Crippen LogP contribution in [0.2, 0.25) is 0 Å². The van der Waals surface area contributed by atoms with E-state index in [0.717, 1.165) is 6.08 Å². The van der Waals surface area contributed by atoms with Crippen molar-refractivity contribution in [1.82, 2.24) is 10.4 Å². The first kappa shape index (κ1) is 8.19. The van der Waals surface area contributed by atoms with Crippen LogP contribution in [-0.4, -0.2) is 18.4 Å². The topological polar surface area (TPSA) is 24.5 Å². The Kier molecular flexibility index (Phi) is 1.95. The van der Waals surface area contributed by atoms with Gasteiger partial charge in [-0.2, -0.15) is 0 Å². The molecule has 0 fully saturated rings. The molecule has 0 spiro atoms. The number of hydrazine groups is 1. The van der Waals surface area contributed by atoms with Crippen LogP contribution < -0.4 is 5.43 Å². The Bertz CT molecular complexity index is 177. The van der Waals surface area contributed by atoms with Crippen molar-refractivity contribution in [3.05, 3.63) is 18.5 Å². The van der Waals surface area contributed by atoms with E-state index in [9.17, 15) is 13.2 Å². The fourth-order valence-corrected chi connectivity index (χ4v) is 0.562. The van der Waals surface area contributed by atoms with Gasteiger partial charge in [0.05, 0.1) is 0 Å². The largest absolute Gasteiger partial charge is 0.574 e. The van der Waals surface area contributed by atoms with Gasteiger partial charge in [-0.05, 0) is 0 Å². The van der Waals surface area contributed by atoms with Crippen LogP contribution in [-0.2, 0) is 4.74 Å². The van der Waals surface area contributed by atoms with Crippen LogP contribution in [0.25, 0.3) is 0 Å². The molecule has 1 N–H and O–H groups in total. The summed E-state index contributed by atoms with van der Waals surface area (Å²) in [4.78, 5) is 0. The first-order valence-corrected chi connectivity index (χ1v) is 2.70. The van der Waals surface area contributed by atoms with Crippen LogP contribution in [0, 0.1) is 6.54 Å². The van der Waals surface area contributed by atoms with Crippen molar-refractivity contribution in [2.75, 3.05) is 7.05 Å². The van der Waals surface area contributed by atoms with Gasteiger partial charge in [0.15, 0.2) is 0 Å². The molecule has 0 aromatic heterocycles. The summed E-state index contributed by atoms with van der Waals surface area (Å²) in [6.45, 7) is 2.43. The maximum Gasteiger partial charge on any atom is 0.574 e. The van der Waals surface area contributed by atoms with Gasteiger partial charge in [0, 0.05) is 13.1 Å². The van der Waals surface area contributed by atoms with E-state index in [0.29, 0.717) is 0 Å². The van der Waals surface area contributed by atoms with Crippen LogP contribution in [0.4, 0.5) is 13.2 Å². The van der Waals surface area contributed by atoms with E-state index in [1.165, 1.54) is 12.1 Å². The van der Waals surface area contributed by atoms with E-state index in [1.807, 2.05) is 0 Å². The zero-order valence-electron chi connectivity index (χ0n) is 5.57. The summed E-state index contributed by atoms with van der Waals surface area (Å²) in [5.74, 6) is -0.375. The molecule has 0 aromatic carbocycles. The third-order valence-corrected chi connectivity index (χ3v) is 0.893. The van der Waals surface area contributed by atoms with E-state index < -0.39 is 6.36 Å². The van der Waals surface area contributed by atoms with Crippen LogP contribution in [0.5, 0.6) is 0 Å². The molecule has 62 valence electrons. The normalized spacial score (nSPS) is 19.5. The molecule has 0 aliphatic carbocycles. The third kappa shape index (κ3) is 2.67. The number of nitrogens with zero attached hydrogens (tertiary/aromatic N) is 1. The van der Waals surface area contributed by atoms with Crippen molar-refractivity contribution >= 4 is 0 Å². The van der Waals surface area contributed by atoms with Crippen LogP contribution >= 0.6 is 0 Å². The molecule has 11 heavy (non-hydrogen) atoms. The summed E-state index contributed by atoms with van der Waals surface area (Å²) in [6.07, 6.45) is -3.58. The monoisotopic (exact) mass is 166 g/mol. The zero-order chi connectivity index (χ0) is 8.48. The molecule has 3 nitrogen and oxygen atoms in total. The highest BCUT2D eigenvalue weighted by Crippen LogP contribution is 2.21. The molecule has 1 aliphatic rings. The minimum absolute atomic E-state index is 0.375. The highest BCUT2D eigenvalue weighted by Gasteiger charge is 2.33. The van der Waals surface area contributed by atoms with Crippen molar-refractivity contribution in [3.8, 4) is 0 Å². The van der Waals surface area contributed by atoms with Crippen molar-refractivity contribution in [2.24, 2.45) is 0 Å². The van der Waals surface area contributed by atoms with Gasteiger partial charge in [0.1, 0.15) is 6.54 Å². The second kappa shape index (κ2) is 2.61. The Hall–Kier alpha value is -0.910. The van der Waals surface area contributed by atoms with Gasteiger partial charge in [-0.3, -0.25) is 5.43 Å². The number of likely N-dealkylation sites (N-methyl/N-ethyl adjacent to an activating group) is 1. The van der Waals surface area contributed by atoms with Gasteiger partial charge >= 0.3 is 6.36 Å².